The average Bonchev–Trinajstić information content (AvgIpc) is 2.91. The summed E-state index contributed by atoms with van der Waals surface area (Å²) in [4.78, 5) is 11.5. The molecule has 0 heterocycles. The second-order valence-electron chi connectivity index (χ2n) is 13.5. The zero-order valence-corrected chi connectivity index (χ0v) is 30.4. The molecule has 42 heavy (non-hydrogen) atoms. The highest BCUT2D eigenvalue weighted by Gasteiger charge is 2.32. The fourth-order valence-corrected chi connectivity index (χ4v) is 15.3. The van der Waals surface area contributed by atoms with Crippen LogP contribution in [0.25, 0.3) is 0 Å². The Labute approximate surface area is 260 Å². The van der Waals surface area contributed by atoms with E-state index in [1.807, 2.05) is 13.0 Å². The van der Waals surface area contributed by atoms with E-state index in [4.69, 9.17) is 13.6 Å². The van der Waals surface area contributed by atoms with Crippen LogP contribution >= 0.6 is 0 Å². The first-order valence-corrected chi connectivity index (χ1v) is 22.7. The topological polar surface area (TPSA) is 44.8 Å². The Kier molecular flexibility index (Phi) is 15.6. The summed E-state index contributed by atoms with van der Waals surface area (Å²) in [5.74, 6) is 1.60. The highest BCUT2D eigenvalue weighted by Crippen LogP contribution is 2.35. The van der Waals surface area contributed by atoms with Gasteiger partial charge in [0.15, 0.2) is 16.6 Å². The highest BCUT2D eigenvalue weighted by atomic mass is 28.4. The van der Waals surface area contributed by atoms with Crippen LogP contribution in [0.2, 0.25) is 38.3 Å². The molecule has 0 aliphatic heterocycles. The molecule has 0 aliphatic carbocycles. The molecule has 0 amide bonds. The van der Waals surface area contributed by atoms with Gasteiger partial charge in [0.2, 0.25) is 0 Å². The predicted octanol–water partition coefficient (Wildman–Crippen LogP) is 11.1. The number of aryl methyl sites for hydroxylation is 2. The molecule has 6 heteroatoms. The van der Waals surface area contributed by atoms with Crippen LogP contribution in [0.1, 0.15) is 113 Å². The summed E-state index contributed by atoms with van der Waals surface area (Å²) < 4.78 is 17.7. The summed E-state index contributed by atoms with van der Waals surface area (Å²) >= 11 is 0. The monoisotopic (exact) mass is 612 g/mol. The summed E-state index contributed by atoms with van der Waals surface area (Å²) in [5.41, 5.74) is 4.76. The molecule has 2 rings (SSSR count). The normalized spacial score (nSPS) is 12.8. The SMILES string of the molecule is CCCC[Si](C)(C)O[Si](C)(C)CCCCCCCCCCC(c1ccc(OC)c(C)c1)c1ccc(OC(C)=O)c(C)c1. The number of carbonyl (C=O) groups excluding carboxylic acids is 1. The van der Waals surface area contributed by atoms with Gasteiger partial charge in [-0.05, 0) is 92.9 Å². The van der Waals surface area contributed by atoms with Gasteiger partial charge in [-0.25, -0.2) is 0 Å². The Bertz CT molecular complexity index is 1100. The second kappa shape index (κ2) is 18.0. The van der Waals surface area contributed by atoms with Crippen molar-refractivity contribution in [3.05, 3.63) is 58.7 Å². The molecule has 0 aliphatic rings. The lowest BCUT2D eigenvalue weighted by Crippen LogP contribution is -2.44. The van der Waals surface area contributed by atoms with Crippen molar-refractivity contribution >= 4 is 22.6 Å². The molecule has 0 saturated heterocycles. The molecular weight excluding hydrogens is 553 g/mol. The van der Waals surface area contributed by atoms with Crippen LogP contribution in [0.4, 0.5) is 0 Å². The molecule has 2 aromatic carbocycles. The molecule has 0 bridgehead atoms. The molecule has 4 nitrogen and oxygen atoms in total. The predicted molar refractivity (Wildman–Crippen MR) is 184 cm³/mol. The molecule has 1 atom stereocenters. The van der Waals surface area contributed by atoms with E-state index in [0.717, 1.165) is 23.3 Å². The van der Waals surface area contributed by atoms with Crippen LogP contribution in [0.3, 0.4) is 0 Å². The third-order valence-electron chi connectivity index (χ3n) is 8.38. The van der Waals surface area contributed by atoms with E-state index in [2.05, 4.69) is 70.4 Å². The first-order valence-electron chi connectivity index (χ1n) is 16.5. The van der Waals surface area contributed by atoms with Crippen molar-refractivity contribution in [2.75, 3.05) is 7.11 Å². The molecule has 0 saturated carbocycles. The zero-order valence-electron chi connectivity index (χ0n) is 28.4. The third-order valence-corrected chi connectivity index (χ3v) is 15.9. The van der Waals surface area contributed by atoms with Crippen LogP contribution in [-0.4, -0.2) is 29.7 Å². The molecule has 1 unspecified atom stereocenters. The lowest BCUT2D eigenvalue weighted by atomic mass is 9.85. The number of methoxy groups -OCH3 is 1. The smallest absolute Gasteiger partial charge is 0.308 e. The Morgan fingerprint density at radius 3 is 1.67 bits per heavy atom. The van der Waals surface area contributed by atoms with Gasteiger partial charge in [0.1, 0.15) is 11.5 Å². The summed E-state index contributed by atoms with van der Waals surface area (Å²) in [5, 5.41) is 0. The highest BCUT2D eigenvalue weighted by molar-refractivity contribution is 6.84. The van der Waals surface area contributed by atoms with Gasteiger partial charge in [-0.15, -0.1) is 0 Å². The molecule has 0 N–H and O–H groups in total. The number of benzene rings is 2. The van der Waals surface area contributed by atoms with Crippen molar-refractivity contribution in [3.8, 4) is 11.5 Å². The Balaban J connectivity index is 1.81. The maximum atomic E-state index is 11.5. The number of carbonyl (C=O) groups is 1. The standard InChI is InChI=1S/C36H60O4Si2/c1-10-11-25-41(6,7)40-42(8,9)26-19-17-15-13-12-14-16-18-20-34(32-21-23-35(38-5)29(2)27-32)33-22-24-36(30(3)28-33)39-31(4)37/h21-24,27-28,34H,10-20,25-26H2,1-9H3. The number of ether oxygens (including phenoxy) is 2. The molecule has 0 aromatic heterocycles. The van der Waals surface area contributed by atoms with E-state index in [0.29, 0.717) is 11.7 Å². The third kappa shape index (κ3) is 13.2. The molecule has 236 valence electrons. The molecule has 0 radical (unpaired) electrons. The van der Waals surface area contributed by atoms with E-state index >= 15 is 0 Å². The van der Waals surface area contributed by atoms with Crippen molar-refractivity contribution in [2.45, 2.75) is 143 Å². The number of hydrogen-bond acceptors (Lipinski definition) is 4. The first kappa shape index (κ1) is 36.3. The summed E-state index contributed by atoms with van der Waals surface area (Å²) in [6.07, 6.45) is 14.2. The quantitative estimate of drug-likeness (QED) is 0.0646. The molecule has 2 aromatic rings. The molecular formula is C36H60O4Si2. The minimum absolute atomic E-state index is 0.281. The van der Waals surface area contributed by atoms with Crippen LogP contribution in [0, 0.1) is 13.8 Å². The minimum atomic E-state index is -1.53. The maximum Gasteiger partial charge on any atom is 0.308 e. The van der Waals surface area contributed by atoms with Crippen molar-refractivity contribution in [3.63, 3.8) is 0 Å². The van der Waals surface area contributed by atoms with Gasteiger partial charge in [-0.2, -0.15) is 0 Å². The van der Waals surface area contributed by atoms with Crippen LogP contribution in [0.15, 0.2) is 36.4 Å². The molecule has 0 fully saturated rings. The van der Waals surface area contributed by atoms with E-state index in [9.17, 15) is 4.79 Å². The van der Waals surface area contributed by atoms with Gasteiger partial charge < -0.3 is 13.6 Å². The van der Waals surface area contributed by atoms with Gasteiger partial charge in [-0.3, -0.25) is 4.79 Å². The maximum absolute atomic E-state index is 11.5. The molecule has 0 spiro atoms. The average molecular weight is 613 g/mol. The van der Waals surface area contributed by atoms with Gasteiger partial charge in [0, 0.05) is 12.8 Å². The minimum Gasteiger partial charge on any atom is -0.496 e. The second-order valence-corrected chi connectivity index (χ2v) is 22.3. The fourth-order valence-electron chi connectivity index (χ4n) is 6.22. The Hall–Kier alpha value is -1.90. The summed E-state index contributed by atoms with van der Waals surface area (Å²) in [7, 11) is -1.29. The zero-order chi connectivity index (χ0) is 31.2. The number of esters is 1. The van der Waals surface area contributed by atoms with Gasteiger partial charge in [-0.1, -0.05) is 95.4 Å². The largest absolute Gasteiger partial charge is 0.496 e. The number of unbranched alkanes of at least 4 members (excludes halogenated alkanes) is 8. The van der Waals surface area contributed by atoms with Gasteiger partial charge >= 0.3 is 5.97 Å². The van der Waals surface area contributed by atoms with Crippen LogP contribution in [0.5, 0.6) is 11.5 Å². The van der Waals surface area contributed by atoms with Crippen molar-refractivity contribution in [2.24, 2.45) is 0 Å². The van der Waals surface area contributed by atoms with E-state index in [1.54, 1.807) is 7.11 Å². The fraction of sp³-hybridized carbons (Fsp3) is 0.639. The van der Waals surface area contributed by atoms with Gasteiger partial charge in [0.05, 0.1) is 7.11 Å². The van der Waals surface area contributed by atoms with E-state index in [1.165, 1.54) is 94.3 Å². The van der Waals surface area contributed by atoms with E-state index in [-0.39, 0.29) is 5.97 Å². The van der Waals surface area contributed by atoms with Crippen molar-refractivity contribution < 1.29 is 18.4 Å². The number of rotatable bonds is 20. The Morgan fingerprint density at radius 2 is 1.19 bits per heavy atom. The lowest BCUT2D eigenvalue weighted by Gasteiger charge is -2.34. The van der Waals surface area contributed by atoms with E-state index < -0.39 is 16.6 Å². The van der Waals surface area contributed by atoms with Crippen LogP contribution in [-0.2, 0) is 8.91 Å². The van der Waals surface area contributed by atoms with Crippen molar-refractivity contribution in [1.82, 2.24) is 0 Å². The summed E-state index contributed by atoms with van der Waals surface area (Å²) in [6, 6.07) is 15.4. The lowest BCUT2D eigenvalue weighted by molar-refractivity contribution is -0.131. The van der Waals surface area contributed by atoms with Crippen molar-refractivity contribution in [1.29, 1.82) is 0 Å². The Morgan fingerprint density at radius 1 is 0.714 bits per heavy atom. The summed E-state index contributed by atoms with van der Waals surface area (Å²) in [6.45, 7) is 17.6. The number of hydrogen-bond donors (Lipinski definition) is 0. The van der Waals surface area contributed by atoms with Crippen LogP contribution < -0.4 is 9.47 Å². The van der Waals surface area contributed by atoms with Gasteiger partial charge in [0.25, 0.3) is 0 Å². The first-order chi connectivity index (χ1) is 19.9.